The van der Waals surface area contributed by atoms with E-state index in [2.05, 4.69) is 10.1 Å². The summed E-state index contributed by atoms with van der Waals surface area (Å²) in [7, 11) is 0. The maximum atomic E-state index is 12.1. The van der Waals surface area contributed by atoms with Crippen LogP contribution in [-0.2, 0) is 16.0 Å². The molecule has 0 radical (unpaired) electrons. The van der Waals surface area contributed by atoms with Crippen molar-refractivity contribution in [3.05, 3.63) is 42.4 Å². The van der Waals surface area contributed by atoms with Gasteiger partial charge in [-0.2, -0.15) is 5.10 Å². The van der Waals surface area contributed by atoms with Crippen LogP contribution in [0.4, 0.5) is 4.79 Å². The van der Waals surface area contributed by atoms with E-state index in [9.17, 15) is 9.59 Å². The average molecular weight is 425 g/mol. The van der Waals surface area contributed by atoms with E-state index in [0.29, 0.717) is 31.3 Å². The fourth-order valence-corrected chi connectivity index (χ4v) is 3.67. The molecule has 0 atom stereocenters. The van der Waals surface area contributed by atoms with Gasteiger partial charge in [-0.15, -0.1) is 0 Å². The molecule has 0 bridgehead atoms. The number of amides is 1. The molecule has 1 aliphatic rings. The normalized spacial score (nSPS) is 14.5. The number of hydrogen-bond donors (Lipinski definition) is 1. The van der Waals surface area contributed by atoms with E-state index in [1.807, 2.05) is 56.0 Å². The molecule has 1 aliphatic heterocycles. The molecule has 1 saturated heterocycles. The van der Waals surface area contributed by atoms with Crippen LogP contribution in [0.2, 0.25) is 0 Å². The van der Waals surface area contributed by atoms with Gasteiger partial charge in [-0.25, -0.2) is 9.59 Å². The van der Waals surface area contributed by atoms with Gasteiger partial charge in [-0.3, -0.25) is 4.68 Å². The fraction of sp³-hybridized carbons (Fsp3) is 0.435. The number of hydrogen-bond acceptors (Lipinski definition) is 5. The first kappa shape index (κ1) is 21.0. The van der Waals surface area contributed by atoms with Gasteiger partial charge in [-0.05, 0) is 51.5 Å². The van der Waals surface area contributed by atoms with Crippen molar-refractivity contribution >= 4 is 23.0 Å². The van der Waals surface area contributed by atoms with Crippen LogP contribution >= 0.6 is 0 Å². The molecule has 0 unspecified atom stereocenters. The van der Waals surface area contributed by atoms with Crippen LogP contribution in [0, 0.1) is 5.92 Å². The molecular weight excluding hydrogens is 396 g/mol. The highest BCUT2D eigenvalue weighted by atomic mass is 16.6. The van der Waals surface area contributed by atoms with Crippen LogP contribution in [-0.4, -0.2) is 57.0 Å². The maximum Gasteiger partial charge on any atom is 0.410 e. The molecule has 8 nitrogen and oxygen atoms in total. The number of likely N-dealkylation sites (tertiary alicyclic amines) is 1. The molecule has 1 fully saturated rings. The molecule has 3 heterocycles. The zero-order valence-corrected chi connectivity index (χ0v) is 18.3. The quantitative estimate of drug-likeness (QED) is 0.624. The average Bonchev–Trinajstić information content (AvgIpc) is 3.29. The minimum atomic E-state index is -0.475. The smallest absolute Gasteiger partial charge is 0.410 e. The molecule has 3 aromatic rings. The van der Waals surface area contributed by atoms with Crippen molar-refractivity contribution in [3.8, 4) is 11.1 Å². The molecule has 1 aromatic carbocycles. The van der Waals surface area contributed by atoms with Crippen molar-refractivity contribution in [2.45, 2.75) is 39.8 Å². The second-order valence-corrected chi connectivity index (χ2v) is 8.91. The lowest BCUT2D eigenvalue weighted by molar-refractivity contribution is -0.00384. The van der Waals surface area contributed by atoms with Crippen LogP contribution in [0.25, 0.3) is 22.0 Å². The molecule has 8 heteroatoms. The van der Waals surface area contributed by atoms with Gasteiger partial charge in [0, 0.05) is 48.2 Å². The number of benzene rings is 1. The monoisotopic (exact) mass is 424 g/mol. The van der Waals surface area contributed by atoms with E-state index in [-0.39, 0.29) is 12.1 Å². The summed E-state index contributed by atoms with van der Waals surface area (Å²) in [6, 6.07) is 7.79. The van der Waals surface area contributed by atoms with Crippen LogP contribution in [0.1, 0.15) is 38.2 Å². The first-order valence-corrected chi connectivity index (χ1v) is 10.5. The molecule has 1 N–H and O–H groups in total. The zero-order chi connectivity index (χ0) is 22.2. The Bertz CT molecular complexity index is 1100. The molecule has 31 heavy (non-hydrogen) atoms. The van der Waals surface area contributed by atoms with Gasteiger partial charge < -0.3 is 19.4 Å². The number of carbonyl (C=O) groups is 2. The summed E-state index contributed by atoms with van der Waals surface area (Å²) in [4.78, 5) is 28.8. The zero-order valence-electron chi connectivity index (χ0n) is 18.3. The lowest BCUT2D eigenvalue weighted by Crippen LogP contribution is -2.52. The van der Waals surface area contributed by atoms with Gasteiger partial charge >= 0.3 is 12.1 Å². The fourth-order valence-electron chi connectivity index (χ4n) is 3.67. The summed E-state index contributed by atoms with van der Waals surface area (Å²) in [6.07, 6.45) is 3.59. The Kier molecular flexibility index (Phi) is 5.47. The largest absolute Gasteiger partial charge is 0.461 e. The minimum Gasteiger partial charge on any atom is -0.461 e. The Hall–Kier alpha value is -3.29. The molecule has 0 aliphatic carbocycles. The summed E-state index contributed by atoms with van der Waals surface area (Å²) >= 11 is 0. The van der Waals surface area contributed by atoms with Crippen LogP contribution in [0.3, 0.4) is 0 Å². The summed E-state index contributed by atoms with van der Waals surface area (Å²) in [5.41, 5.74) is 2.89. The van der Waals surface area contributed by atoms with Crippen LogP contribution < -0.4 is 0 Å². The van der Waals surface area contributed by atoms with Gasteiger partial charge in [0.15, 0.2) is 0 Å². The van der Waals surface area contributed by atoms with Crippen molar-refractivity contribution in [1.82, 2.24) is 19.7 Å². The second kappa shape index (κ2) is 8.09. The number of fused-ring (bicyclic) bond motifs is 1. The molecule has 0 saturated carbocycles. The molecule has 164 valence electrons. The third-order valence-corrected chi connectivity index (χ3v) is 5.14. The number of nitrogens with zero attached hydrogens (tertiary/aromatic N) is 3. The van der Waals surface area contributed by atoms with Crippen LogP contribution in [0.15, 0.2) is 36.7 Å². The summed E-state index contributed by atoms with van der Waals surface area (Å²) in [5, 5.41) is 5.43. The van der Waals surface area contributed by atoms with E-state index in [0.717, 1.165) is 28.6 Å². The van der Waals surface area contributed by atoms with Crippen molar-refractivity contribution < 1.29 is 19.1 Å². The maximum absolute atomic E-state index is 12.1. The Balaban J connectivity index is 1.38. The Morgan fingerprint density at radius 2 is 1.97 bits per heavy atom. The first-order chi connectivity index (χ1) is 14.7. The highest BCUT2D eigenvalue weighted by Crippen LogP contribution is 2.26. The van der Waals surface area contributed by atoms with E-state index < -0.39 is 5.60 Å². The van der Waals surface area contributed by atoms with E-state index in [1.54, 1.807) is 17.9 Å². The van der Waals surface area contributed by atoms with Crippen molar-refractivity contribution in [2.24, 2.45) is 5.92 Å². The predicted molar refractivity (Wildman–Crippen MR) is 117 cm³/mol. The number of aromatic amines is 1. The highest BCUT2D eigenvalue weighted by molar-refractivity contribution is 5.96. The Labute approximate surface area is 181 Å². The van der Waals surface area contributed by atoms with Crippen molar-refractivity contribution in [2.75, 3.05) is 19.7 Å². The third-order valence-electron chi connectivity index (χ3n) is 5.14. The number of esters is 1. The summed E-state index contributed by atoms with van der Waals surface area (Å²) in [6.45, 7) is 9.84. The van der Waals surface area contributed by atoms with Crippen LogP contribution in [0.5, 0.6) is 0 Å². The van der Waals surface area contributed by atoms with Gasteiger partial charge in [0.2, 0.25) is 0 Å². The third kappa shape index (κ3) is 4.73. The SMILES string of the molecule is CCOC(=O)c1cc2cc(-c3cnn(CC4CN(C(=O)OC(C)(C)C)C4)c3)ccc2[nH]1. The number of H-pyrrole nitrogens is 1. The number of nitrogens with one attached hydrogen (secondary N) is 1. The lowest BCUT2D eigenvalue weighted by atomic mass is 10.0. The molecule has 4 rings (SSSR count). The van der Waals surface area contributed by atoms with E-state index in [4.69, 9.17) is 9.47 Å². The number of rotatable bonds is 5. The first-order valence-electron chi connectivity index (χ1n) is 10.5. The number of aromatic nitrogens is 3. The standard InChI is InChI=1S/C23H28N4O4/c1-5-30-21(28)20-9-17-8-16(6-7-19(17)25-20)18-10-24-27(14-18)13-15-11-26(12-15)22(29)31-23(2,3)4/h6-10,14-15,25H,5,11-13H2,1-4H3. The topological polar surface area (TPSA) is 89.5 Å². The summed E-state index contributed by atoms with van der Waals surface area (Å²) in [5.74, 6) is 0.00792. The second-order valence-electron chi connectivity index (χ2n) is 8.91. The van der Waals surface area contributed by atoms with Crippen molar-refractivity contribution in [1.29, 1.82) is 0 Å². The molecule has 1 amide bonds. The van der Waals surface area contributed by atoms with Gasteiger partial charge in [-0.1, -0.05) is 6.07 Å². The predicted octanol–water partition coefficient (Wildman–Crippen LogP) is 4.08. The number of ether oxygens (including phenoxy) is 2. The Morgan fingerprint density at radius 1 is 1.19 bits per heavy atom. The van der Waals surface area contributed by atoms with Gasteiger partial charge in [0.1, 0.15) is 11.3 Å². The molecular formula is C23H28N4O4. The Morgan fingerprint density at radius 3 is 2.68 bits per heavy atom. The van der Waals surface area contributed by atoms with Crippen molar-refractivity contribution in [3.63, 3.8) is 0 Å². The molecule has 2 aromatic heterocycles. The highest BCUT2D eigenvalue weighted by Gasteiger charge is 2.33. The van der Waals surface area contributed by atoms with Gasteiger partial charge in [0.05, 0.1) is 12.8 Å². The van der Waals surface area contributed by atoms with E-state index in [1.165, 1.54) is 0 Å². The molecule has 0 spiro atoms. The number of carbonyl (C=O) groups excluding carboxylic acids is 2. The lowest BCUT2D eigenvalue weighted by Gasteiger charge is -2.39. The van der Waals surface area contributed by atoms with Gasteiger partial charge in [0.25, 0.3) is 0 Å². The van der Waals surface area contributed by atoms with E-state index >= 15 is 0 Å². The summed E-state index contributed by atoms with van der Waals surface area (Å²) < 4.78 is 12.4. The minimum absolute atomic E-state index is 0.258.